The van der Waals surface area contributed by atoms with E-state index in [2.05, 4.69) is 40.6 Å². The molecule has 0 bridgehead atoms. The number of hydrogen-bond donors (Lipinski definition) is 3. The normalized spacial score (nSPS) is 19.9. The Hall–Kier alpha value is -1.44. The first kappa shape index (κ1) is 14.5. The molecule has 21 heavy (non-hydrogen) atoms. The Labute approximate surface area is 128 Å². The largest absolute Gasteiger partial charge is 0.381 e. The summed E-state index contributed by atoms with van der Waals surface area (Å²) in [5, 5.41) is 4.59. The second-order valence-electron chi connectivity index (χ2n) is 5.38. The van der Waals surface area contributed by atoms with Gasteiger partial charge in [-0.15, -0.1) is 11.3 Å². The molecule has 2 unspecified atom stereocenters. The zero-order valence-corrected chi connectivity index (χ0v) is 13.2. The fourth-order valence-electron chi connectivity index (χ4n) is 2.60. The van der Waals surface area contributed by atoms with Crippen molar-refractivity contribution in [2.45, 2.75) is 32.7 Å². The maximum absolute atomic E-state index is 5.48. The van der Waals surface area contributed by atoms with Crippen LogP contribution in [0, 0.1) is 5.92 Å². The summed E-state index contributed by atoms with van der Waals surface area (Å²) in [6.07, 6.45) is 2.09. The molecule has 4 N–H and O–H groups in total. The quantitative estimate of drug-likeness (QED) is 0.581. The topological polar surface area (TPSA) is 85.1 Å². The fraction of sp³-hybridized carbons (Fsp3) is 0.571. The second-order valence-corrected chi connectivity index (χ2v) is 6.50. The van der Waals surface area contributed by atoms with Gasteiger partial charge in [0.05, 0.1) is 12.0 Å². The van der Waals surface area contributed by atoms with Gasteiger partial charge in [0.15, 0.2) is 0 Å². The lowest BCUT2D eigenvalue weighted by Gasteiger charge is -2.20. The minimum Gasteiger partial charge on any atom is -0.381 e. The molecule has 0 radical (unpaired) electrons. The van der Waals surface area contributed by atoms with Crippen LogP contribution >= 0.6 is 11.3 Å². The fourth-order valence-corrected chi connectivity index (χ4v) is 3.57. The molecular formula is C14H21N5OS. The van der Waals surface area contributed by atoms with Crippen LogP contribution in [0.2, 0.25) is 0 Å². The maximum atomic E-state index is 5.48. The Morgan fingerprint density at radius 2 is 2.38 bits per heavy atom. The van der Waals surface area contributed by atoms with Crippen molar-refractivity contribution >= 4 is 33.3 Å². The van der Waals surface area contributed by atoms with Gasteiger partial charge in [-0.1, -0.05) is 6.92 Å². The molecule has 0 aliphatic carbocycles. The van der Waals surface area contributed by atoms with E-state index < -0.39 is 0 Å². The van der Waals surface area contributed by atoms with E-state index in [0.717, 1.165) is 42.1 Å². The van der Waals surface area contributed by atoms with Gasteiger partial charge in [-0.3, -0.25) is 5.43 Å². The Morgan fingerprint density at radius 1 is 1.52 bits per heavy atom. The van der Waals surface area contributed by atoms with Crippen LogP contribution in [0.25, 0.3) is 10.2 Å². The molecule has 3 rings (SSSR count). The van der Waals surface area contributed by atoms with E-state index in [4.69, 9.17) is 10.6 Å². The third-order valence-corrected chi connectivity index (χ3v) is 5.13. The molecule has 2 aromatic rings. The van der Waals surface area contributed by atoms with E-state index in [1.165, 1.54) is 4.88 Å². The number of ether oxygens (including phenoxy) is 1. The number of aromatic nitrogens is 2. The molecule has 2 atom stereocenters. The molecule has 3 heterocycles. The Bertz CT molecular complexity index is 623. The van der Waals surface area contributed by atoms with E-state index >= 15 is 0 Å². The van der Waals surface area contributed by atoms with Crippen molar-refractivity contribution in [2.75, 3.05) is 24.0 Å². The number of aryl methyl sites for hydroxylation is 1. The predicted molar refractivity (Wildman–Crippen MR) is 86.6 cm³/mol. The van der Waals surface area contributed by atoms with Crippen LogP contribution in [0.1, 0.15) is 25.1 Å². The molecule has 1 aliphatic heterocycles. The van der Waals surface area contributed by atoms with Crippen molar-refractivity contribution < 1.29 is 4.74 Å². The Morgan fingerprint density at radius 3 is 3.05 bits per heavy atom. The smallest absolute Gasteiger partial charge is 0.240 e. The van der Waals surface area contributed by atoms with Crippen molar-refractivity contribution in [3.05, 3.63) is 10.9 Å². The van der Waals surface area contributed by atoms with Crippen molar-refractivity contribution in [1.82, 2.24) is 9.97 Å². The number of hydrogen-bond acceptors (Lipinski definition) is 7. The molecule has 7 heteroatoms. The van der Waals surface area contributed by atoms with Crippen molar-refractivity contribution in [3.63, 3.8) is 0 Å². The lowest BCUT2D eigenvalue weighted by molar-refractivity contribution is 0.183. The van der Waals surface area contributed by atoms with Crippen LogP contribution in [0.5, 0.6) is 0 Å². The summed E-state index contributed by atoms with van der Waals surface area (Å²) in [6.45, 7) is 5.99. The van der Waals surface area contributed by atoms with Gasteiger partial charge in [-0.05, 0) is 25.8 Å². The SMILES string of the molecule is CCc1cc2c(NC(C)C3CCOC3)nc(NN)nc2s1. The number of nitrogens with one attached hydrogen (secondary N) is 2. The van der Waals surface area contributed by atoms with Crippen LogP contribution < -0.4 is 16.6 Å². The van der Waals surface area contributed by atoms with Crippen molar-refractivity contribution in [1.29, 1.82) is 0 Å². The van der Waals surface area contributed by atoms with E-state index in [0.29, 0.717) is 17.9 Å². The first-order chi connectivity index (χ1) is 10.2. The van der Waals surface area contributed by atoms with Gasteiger partial charge < -0.3 is 10.1 Å². The zero-order chi connectivity index (χ0) is 14.8. The van der Waals surface area contributed by atoms with Crippen LogP contribution in [0.3, 0.4) is 0 Å². The number of nitrogen functional groups attached to an aromatic ring is 1. The molecule has 0 spiro atoms. The highest BCUT2D eigenvalue weighted by molar-refractivity contribution is 7.18. The summed E-state index contributed by atoms with van der Waals surface area (Å²) in [7, 11) is 0. The summed E-state index contributed by atoms with van der Waals surface area (Å²) in [5.41, 5.74) is 2.55. The van der Waals surface area contributed by atoms with Gasteiger partial charge in [0.25, 0.3) is 0 Å². The second kappa shape index (κ2) is 6.13. The molecule has 1 aliphatic rings. The predicted octanol–water partition coefficient (Wildman–Crippen LogP) is 2.38. The summed E-state index contributed by atoms with van der Waals surface area (Å²) in [5.74, 6) is 7.30. The Kier molecular flexibility index (Phi) is 4.23. The lowest BCUT2D eigenvalue weighted by Crippen LogP contribution is -2.27. The number of nitrogens with two attached hydrogens (primary N) is 1. The third kappa shape index (κ3) is 2.95. The number of hydrazine groups is 1. The maximum Gasteiger partial charge on any atom is 0.240 e. The van der Waals surface area contributed by atoms with Crippen LogP contribution in [0.15, 0.2) is 6.07 Å². The summed E-state index contributed by atoms with van der Waals surface area (Å²) < 4.78 is 5.47. The molecular weight excluding hydrogens is 286 g/mol. The molecule has 0 amide bonds. The van der Waals surface area contributed by atoms with Crippen LogP contribution in [-0.2, 0) is 11.2 Å². The van der Waals surface area contributed by atoms with Crippen molar-refractivity contribution in [2.24, 2.45) is 11.8 Å². The van der Waals surface area contributed by atoms with Gasteiger partial charge in [0.1, 0.15) is 10.6 Å². The summed E-state index contributed by atoms with van der Waals surface area (Å²) in [6, 6.07) is 2.47. The zero-order valence-electron chi connectivity index (χ0n) is 12.3. The first-order valence-corrected chi connectivity index (χ1v) is 8.14. The van der Waals surface area contributed by atoms with Gasteiger partial charge in [0.2, 0.25) is 5.95 Å². The minimum absolute atomic E-state index is 0.307. The highest BCUT2D eigenvalue weighted by Crippen LogP contribution is 2.31. The van der Waals surface area contributed by atoms with Gasteiger partial charge in [-0.25, -0.2) is 10.8 Å². The Balaban J connectivity index is 1.93. The molecule has 1 fully saturated rings. The number of nitrogens with zero attached hydrogens (tertiary/aromatic N) is 2. The van der Waals surface area contributed by atoms with E-state index in [9.17, 15) is 0 Å². The number of rotatable bonds is 5. The standard InChI is InChI=1S/C14H21N5OS/c1-3-10-6-11-12(16-8(2)9-4-5-20-7-9)17-14(19-15)18-13(11)21-10/h6,8-9H,3-5,7,15H2,1-2H3,(H2,16,17,18,19). The van der Waals surface area contributed by atoms with E-state index in [-0.39, 0.29) is 0 Å². The monoisotopic (exact) mass is 307 g/mol. The number of thiophene rings is 1. The van der Waals surface area contributed by atoms with E-state index in [1.54, 1.807) is 11.3 Å². The molecule has 2 aromatic heterocycles. The lowest BCUT2D eigenvalue weighted by atomic mass is 10.0. The molecule has 0 aromatic carbocycles. The van der Waals surface area contributed by atoms with Gasteiger partial charge in [-0.2, -0.15) is 4.98 Å². The first-order valence-electron chi connectivity index (χ1n) is 7.32. The van der Waals surface area contributed by atoms with Gasteiger partial charge >= 0.3 is 0 Å². The van der Waals surface area contributed by atoms with E-state index in [1.807, 2.05) is 0 Å². The average Bonchev–Trinajstić information content (AvgIpc) is 3.15. The minimum atomic E-state index is 0.307. The van der Waals surface area contributed by atoms with Crippen LogP contribution in [0.4, 0.5) is 11.8 Å². The molecule has 114 valence electrons. The summed E-state index contributed by atoms with van der Waals surface area (Å²) in [4.78, 5) is 11.2. The van der Waals surface area contributed by atoms with Crippen LogP contribution in [-0.4, -0.2) is 29.2 Å². The number of anilines is 2. The molecule has 6 nitrogen and oxygen atoms in total. The molecule has 1 saturated heterocycles. The van der Waals surface area contributed by atoms with Gasteiger partial charge in [0, 0.05) is 23.4 Å². The average molecular weight is 307 g/mol. The highest BCUT2D eigenvalue weighted by atomic mass is 32.1. The highest BCUT2D eigenvalue weighted by Gasteiger charge is 2.23. The third-order valence-electron chi connectivity index (χ3n) is 3.96. The molecule has 0 saturated carbocycles. The van der Waals surface area contributed by atoms with Crippen molar-refractivity contribution in [3.8, 4) is 0 Å². The summed E-state index contributed by atoms with van der Waals surface area (Å²) >= 11 is 1.69. The number of fused-ring (bicyclic) bond motifs is 1.